The molecule has 1 N–H and O–H groups in total. The third kappa shape index (κ3) is 5.45. The number of nitrogens with zero attached hydrogens (tertiary/aromatic N) is 3. The summed E-state index contributed by atoms with van der Waals surface area (Å²) < 4.78 is 7.20. The van der Waals surface area contributed by atoms with Crippen LogP contribution in [0.15, 0.2) is 53.6 Å². The molecule has 2 aromatic carbocycles. The summed E-state index contributed by atoms with van der Waals surface area (Å²) >= 11 is 6.44. The number of halogens is 1. The van der Waals surface area contributed by atoms with E-state index in [9.17, 15) is 4.79 Å². The average Bonchev–Trinajstić information content (AvgIpc) is 2.97. The Bertz CT molecular complexity index is 1030. The molecule has 0 aliphatic heterocycles. The molecule has 29 heavy (non-hydrogen) atoms. The summed E-state index contributed by atoms with van der Waals surface area (Å²) in [5.74, 6) is 0.290. The van der Waals surface area contributed by atoms with Crippen LogP contribution in [-0.4, -0.2) is 28.5 Å². The number of rotatable bonds is 7. The molecule has 1 heterocycles. The van der Waals surface area contributed by atoms with Crippen LogP contribution in [-0.2, 0) is 11.3 Å². The van der Waals surface area contributed by atoms with Crippen LogP contribution in [0.3, 0.4) is 0 Å². The summed E-state index contributed by atoms with van der Waals surface area (Å²) in [4.78, 5) is 12.0. The molecule has 0 aliphatic carbocycles. The maximum atomic E-state index is 12.0. The lowest BCUT2D eigenvalue weighted by Crippen LogP contribution is -2.24. The SMILES string of the molecule is Cc1ccc(OCC(=O)N/N=C\c2c(C)nn(Cc3ccccc3)c2Cl)cc1C. The minimum Gasteiger partial charge on any atom is -0.484 e. The lowest BCUT2D eigenvalue weighted by molar-refractivity contribution is -0.123. The number of carbonyl (C=O) groups is 1. The van der Waals surface area contributed by atoms with Gasteiger partial charge in [-0.3, -0.25) is 4.79 Å². The molecule has 7 heteroatoms. The molecule has 0 spiro atoms. The van der Waals surface area contributed by atoms with Gasteiger partial charge in [-0.15, -0.1) is 0 Å². The summed E-state index contributed by atoms with van der Waals surface area (Å²) in [6.07, 6.45) is 1.50. The van der Waals surface area contributed by atoms with Crippen molar-refractivity contribution in [3.05, 3.63) is 81.6 Å². The molecule has 0 bridgehead atoms. The van der Waals surface area contributed by atoms with E-state index >= 15 is 0 Å². The highest BCUT2D eigenvalue weighted by atomic mass is 35.5. The molecule has 1 aromatic heterocycles. The average molecular weight is 411 g/mol. The van der Waals surface area contributed by atoms with E-state index in [1.54, 1.807) is 4.68 Å². The Kier molecular flexibility index (Phi) is 6.67. The van der Waals surface area contributed by atoms with Gasteiger partial charge < -0.3 is 4.74 Å². The lowest BCUT2D eigenvalue weighted by atomic mass is 10.1. The van der Waals surface area contributed by atoms with Crippen molar-refractivity contribution in [2.45, 2.75) is 27.3 Å². The van der Waals surface area contributed by atoms with Gasteiger partial charge in [-0.05, 0) is 49.6 Å². The second-order valence-electron chi connectivity index (χ2n) is 6.76. The van der Waals surface area contributed by atoms with Crippen molar-refractivity contribution in [3.63, 3.8) is 0 Å². The largest absolute Gasteiger partial charge is 0.484 e. The number of benzene rings is 2. The summed E-state index contributed by atoms with van der Waals surface area (Å²) in [6.45, 7) is 6.30. The Balaban J connectivity index is 1.57. The maximum absolute atomic E-state index is 12.0. The van der Waals surface area contributed by atoms with Crippen LogP contribution in [0.25, 0.3) is 0 Å². The molecule has 0 atom stereocenters. The van der Waals surface area contributed by atoms with E-state index in [0.29, 0.717) is 23.0 Å². The predicted molar refractivity (Wildman–Crippen MR) is 115 cm³/mol. The van der Waals surface area contributed by atoms with Gasteiger partial charge in [0.1, 0.15) is 10.9 Å². The first-order valence-electron chi connectivity index (χ1n) is 9.23. The highest BCUT2D eigenvalue weighted by Crippen LogP contribution is 2.19. The van der Waals surface area contributed by atoms with Gasteiger partial charge in [0, 0.05) is 0 Å². The molecule has 1 amide bonds. The number of carbonyl (C=O) groups excluding carboxylic acids is 1. The molecule has 0 saturated carbocycles. The number of ether oxygens (including phenoxy) is 1. The predicted octanol–water partition coefficient (Wildman–Crippen LogP) is 4.04. The van der Waals surface area contributed by atoms with Crippen LogP contribution in [0.4, 0.5) is 0 Å². The van der Waals surface area contributed by atoms with Crippen LogP contribution in [0.1, 0.15) is 27.9 Å². The molecular weight excluding hydrogens is 388 g/mol. The fourth-order valence-corrected chi connectivity index (χ4v) is 3.01. The highest BCUT2D eigenvalue weighted by molar-refractivity contribution is 6.32. The molecule has 0 radical (unpaired) electrons. The zero-order chi connectivity index (χ0) is 20.8. The van der Waals surface area contributed by atoms with Gasteiger partial charge >= 0.3 is 0 Å². The van der Waals surface area contributed by atoms with Gasteiger partial charge in [0.05, 0.1) is 24.0 Å². The molecule has 0 aliphatic rings. The molecule has 3 rings (SSSR count). The third-order valence-electron chi connectivity index (χ3n) is 4.52. The minimum atomic E-state index is -0.357. The number of amides is 1. The van der Waals surface area contributed by atoms with Crippen molar-refractivity contribution >= 4 is 23.7 Å². The van der Waals surface area contributed by atoms with Gasteiger partial charge in [-0.2, -0.15) is 10.2 Å². The van der Waals surface area contributed by atoms with E-state index in [1.165, 1.54) is 11.8 Å². The molecule has 0 saturated heterocycles. The zero-order valence-electron chi connectivity index (χ0n) is 16.6. The fourth-order valence-electron chi connectivity index (χ4n) is 2.73. The lowest BCUT2D eigenvalue weighted by Gasteiger charge is -2.07. The quantitative estimate of drug-likeness (QED) is 0.472. The van der Waals surface area contributed by atoms with Gasteiger partial charge in [0.15, 0.2) is 6.61 Å². The molecule has 6 nitrogen and oxygen atoms in total. The van der Waals surface area contributed by atoms with Crippen LogP contribution in [0.5, 0.6) is 5.75 Å². The van der Waals surface area contributed by atoms with Gasteiger partial charge in [-0.1, -0.05) is 48.0 Å². The number of aromatic nitrogens is 2. The first-order chi connectivity index (χ1) is 13.9. The Morgan fingerprint density at radius 2 is 1.93 bits per heavy atom. The number of hydrazone groups is 1. The van der Waals surface area contributed by atoms with Crippen LogP contribution in [0.2, 0.25) is 5.15 Å². The van der Waals surface area contributed by atoms with E-state index in [0.717, 1.165) is 16.8 Å². The molecule has 150 valence electrons. The van der Waals surface area contributed by atoms with E-state index in [1.807, 2.05) is 69.3 Å². The maximum Gasteiger partial charge on any atom is 0.277 e. The van der Waals surface area contributed by atoms with E-state index < -0.39 is 0 Å². The van der Waals surface area contributed by atoms with Gasteiger partial charge in [-0.25, -0.2) is 10.1 Å². The molecule has 3 aromatic rings. The van der Waals surface area contributed by atoms with E-state index in [-0.39, 0.29) is 12.5 Å². The Morgan fingerprint density at radius 1 is 1.17 bits per heavy atom. The van der Waals surface area contributed by atoms with Crippen molar-refractivity contribution in [1.82, 2.24) is 15.2 Å². The first kappa shape index (κ1) is 20.6. The summed E-state index contributed by atoms with van der Waals surface area (Å²) in [7, 11) is 0. The van der Waals surface area contributed by atoms with Crippen molar-refractivity contribution < 1.29 is 9.53 Å². The number of hydrogen-bond acceptors (Lipinski definition) is 4. The smallest absolute Gasteiger partial charge is 0.277 e. The number of aryl methyl sites for hydroxylation is 3. The normalized spacial score (nSPS) is 11.0. The van der Waals surface area contributed by atoms with Crippen molar-refractivity contribution in [2.24, 2.45) is 5.10 Å². The topological polar surface area (TPSA) is 68.5 Å². The molecule has 0 fully saturated rings. The van der Waals surface area contributed by atoms with Crippen molar-refractivity contribution in [3.8, 4) is 5.75 Å². The Hall–Kier alpha value is -3.12. The minimum absolute atomic E-state index is 0.125. The Labute approximate surface area is 175 Å². The highest BCUT2D eigenvalue weighted by Gasteiger charge is 2.12. The van der Waals surface area contributed by atoms with Crippen LogP contribution in [0, 0.1) is 20.8 Å². The summed E-state index contributed by atoms with van der Waals surface area (Å²) in [5.41, 5.74) is 7.22. The first-order valence-corrected chi connectivity index (χ1v) is 9.60. The van der Waals surface area contributed by atoms with E-state index in [2.05, 4.69) is 15.6 Å². The number of nitrogens with one attached hydrogen (secondary N) is 1. The fraction of sp³-hybridized carbons (Fsp3) is 0.227. The summed E-state index contributed by atoms with van der Waals surface area (Å²) in [6, 6.07) is 15.6. The van der Waals surface area contributed by atoms with Gasteiger partial charge in [0.2, 0.25) is 0 Å². The van der Waals surface area contributed by atoms with Crippen molar-refractivity contribution in [1.29, 1.82) is 0 Å². The number of hydrogen-bond donors (Lipinski definition) is 1. The second-order valence-corrected chi connectivity index (χ2v) is 7.12. The van der Waals surface area contributed by atoms with Gasteiger partial charge in [0.25, 0.3) is 5.91 Å². The molecular formula is C22H23ClN4O2. The molecule has 0 unspecified atom stereocenters. The zero-order valence-corrected chi connectivity index (χ0v) is 17.4. The van der Waals surface area contributed by atoms with Crippen molar-refractivity contribution in [2.75, 3.05) is 6.61 Å². The summed E-state index contributed by atoms with van der Waals surface area (Å²) in [5, 5.41) is 8.90. The monoisotopic (exact) mass is 410 g/mol. The standard InChI is InChI=1S/C22H23ClN4O2/c1-15-9-10-19(11-16(15)2)29-14-21(28)25-24-12-20-17(3)26-27(22(20)23)13-18-7-5-4-6-8-18/h4-12H,13-14H2,1-3H3,(H,25,28)/b24-12-. The van der Waals surface area contributed by atoms with Crippen LogP contribution < -0.4 is 10.2 Å². The Morgan fingerprint density at radius 3 is 2.66 bits per heavy atom. The van der Waals surface area contributed by atoms with Crippen LogP contribution >= 0.6 is 11.6 Å². The third-order valence-corrected chi connectivity index (χ3v) is 4.91. The van der Waals surface area contributed by atoms with E-state index in [4.69, 9.17) is 16.3 Å². The second kappa shape index (κ2) is 9.39.